The Labute approximate surface area is 128 Å². The summed E-state index contributed by atoms with van der Waals surface area (Å²) < 4.78 is 11.5. The van der Waals surface area contributed by atoms with Crippen molar-refractivity contribution < 1.29 is 14.6 Å². The van der Waals surface area contributed by atoms with Crippen LogP contribution < -0.4 is 9.47 Å². The van der Waals surface area contributed by atoms with Crippen molar-refractivity contribution >= 4 is 15.9 Å². The molecule has 1 heterocycles. The average Bonchev–Trinajstić information content (AvgIpc) is 2.43. The van der Waals surface area contributed by atoms with E-state index in [1.807, 2.05) is 12.1 Å². The van der Waals surface area contributed by atoms with Gasteiger partial charge in [0.25, 0.3) is 0 Å². The average molecular weight is 344 g/mol. The Morgan fingerprint density at radius 3 is 2.60 bits per heavy atom. The molecule has 0 amide bonds. The Kier molecular flexibility index (Phi) is 4.62. The van der Waals surface area contributed by atoms with Crippen LogP contribution in [-0.4, -0.2) is 43.9 Å². The van der Waals surface area contributed by atoms with Crippen molar-refractivity contribution in [2.45, 2.75) is 31.4 Å². The Morgan fingerprint density at radius 2 is 2.05 bits per heavy atom. The summed E-state index contributed by atoms with van der Waals surface area (Å²) in [6.07, 6.45) is 1.39. The number of aliphatic hydroxyl groups is 1. The van der Waals surface area contributed by atoms with Crippen LogP contribution in [0.3, 0.4) is 0 Å². The number of benzene rings is 1. The van der Waals surface area contributed by atoms with Crippen LogP contribution in [0.25, 0.3) is 0 Å². The molecule has 1 aliphatic heterocycles. The van der Waals surface area contributed by atoms with Gasteiger partial charge in [0.2, 0.25) is 0 Å². The number of halogens is 1. The second-order valence-electron chi connectivity index (χ2n) is 5.48. The van der Waals surface area contributed by atoms with Crippen LogP contribution in [0.15, 0.2) is 16.6 Å². The van der Waals surface area contributed by atoms with Crippen LogP contribution in [0, 0.1) is 0 Å². The van der Waals surface area contributed by atoms with Gasteiger partial charge in [-0.15, -0.1) is 0 Å². The largest absolute Gasteiger partial charge is 0.495 e. The van der Waals surface area contributed by atoms with Gasteiger partial charge in [0, 0.05) is 18.2 Å². The van der Waals surface area contributed by atoms with Gasteiger partial charge in [0.1, 0.15) is 16.0 Å². The molecule has 2 atom stereocenters. The van der Waals surface area contributed by atoms with Crippen LogP contribution in [0.4, 0.5) is 0 Å². The molecule has 0 bridgehead atoms. The maximum Gasteiger partial charge on any atom is 0.142 e. The molecule has 0 aliphatic carbocycles. The van der Waals surface area contributed by atoms with E-state index in [2.05, 4.69) is 34.8 Å². The molecule has 0 saturated carbocycles. The highest BCUT2D eigenvalue weighted by atomic mass is 79.9. The molecule has 5 heteroatoms. The molecule has 2 rings (SSSR count). The Bertz CT molecular complexity index is 494. The van der Waals surface area contributed by atoms with Gasteiger partial charge >= 0.3 is 0 Å². The first kappa shape index (κ1) is 15.6. The second kappa shape index (κ2) is 5.92. The summed E-state index contributed by atoms with van der Waals surface area (Å²) in [6, 6.07) is 4.10. The molecule has 2 unspecified atom stereocenters. The zero-order valence-corrected chi connectivity index (χ0v) is 14.0. The van der Waals surface area contributed by atoms with Crippen molar-refractivity contribution in [2.75, 3.05) is 27.8 Å². The molecule has 112 valence electrons. The van der Waals surface area contributed by atoms with Crippen molar-refractivity contribution in [1.82, 2.24) is 4.90 Å². The van der Waals surface area contributed by atoms with Gasteiger partial charge in [-0.05, 0) is 54.9 Å². The Morgan fingerprint density at radius 1 is 1.35 bits per heavy atom. The highest BCUT2D eigenvalue weighted by Gasteiger charge is 2.39. The Hall–Kier alpha value is -0.780. The lowest BCUT2D eigenvalue weighted by atomic mass is 9.81. The van der Waals surface area contributed by atoms with E-state index in [4.69, 9.17) is 9.47 Å². The fourth-order valence-electron chi connectivity index (χ4n) is 2.83. The van der Waals surface area contributed by atoms with Gasteiger partial charge < -0.3 is 19.5 Å². The maximum atomic E-state index is 11.1. The molecule has 0 spiro atoms. The van der Waals surface area contributed by atoms with Crippen LogP contribution in [-0.2, 0) is 5.60 Å². The summed E-state index contributed by atoms with van der Waals surface area (Å²) in [7, 11) is 5.32. The van der Waals surface area contributed by atoms with E-state index in [0.717, 1.165) is 16.6 Å². The first-order valence-corrected chi connectivity index (χ1v) is 7.56. The molecule has 1 N–H and O–H groups in total. The zero-order valence-electron chi connectivity index (χ0n) is 12.4. The normalized spacial score (nSPS) is 27.4. The van der Waals surface area contributed by atoms with E-state index < -0.39 is 5.60 Å². The van der Waals surface area contributed by atoms with Gasteiger partial charge in [0.15, 0.2) is 0 Å². The lowest BCUT2D eigenvalue weighted by Gasteiger charge is -2.41. The number of likely N-dealkylation sites (tertiary alicyclic amines) is 1. The lowest BCUT2D eigenvalue weighted by Crippen LogP contribution is -2.46. The molecule has 0 aromatic heterocycles. The summed E-state index contributed by atoms with van der Waals surface area (Å²) in [6.45, 7) is 3.00. The highest BCUT2D eigenvalue weighted by Crippen LogP contribution is 2.45. The minimum absolute atomic E-state index is 0.333. The summed E-state index contributed by atoms with van der Waals surface area (Å²) in [5.74, 6) is 1.36. The second-order valence-corrected chi connectivity index (χ2v) is 6.27. The number of methoxy groups -OCH3 is 2. The van der Waals surface area contributed by atoms with Crippen LogP contribution >= 0.6 is 15.9 Å². The minimum Gasteiger partial charge on any atom is -0.495 e. The molecular formula is C15H22BrNO3. The molecule has 1 aliphatic rings. The van der Waals surface area contributed by atoms with Crippen molar-refractivity contribution in [2.24, 2.45) is 0 Å². The number of hydrogen-bond donors (Lipinski definition) is 1. The lowest BCUT2D eigenvalue weighted by molar-refractivity contribution is -0.0423. The predicted octanol–water partition coefficient (Wildman–Crippen LogP) is 2.77. The van der Waals surface area contributed by atoms with Crippen molar-refractivity contribution in [3.05, 3.63) is 22.2 Å². The van der Waals surface area contributed by atoms with Gasteiger partial charge in [-0.3, -0.25) is 0 Å². The number of ether oxygens (including phenoxy) is 2. The summed E-state index contributed by atoms with van der Waals surface area (Å²) >= 11 is 3.50. The monoisotopic (exact) mass is 343 g/mol. The first-order valence-electron chi connectivity index (χ1n) is 6.76. The van der Waals surface area contributed by atoms with Crippen molar-refractivity contribution in [3.8, 4) is 11.5 Å². The summed E-state index contributed by atoms with van der Waals surface area (Å²) in [5.41, 5.74) is -0.0286. The van der Waals surface area contributed by atoms with Gasteiger partial charge in [0.05, 0.1) is 19.8 Å². The Balaban J connectivity index is 2.44. The van der Waals surface area contributed by atoms with Crippen LogP contribution in [0.1, 0.15) is 25.3 Å². The minimum atomic E-state index is -0.855. The fourth-order valence-corrected chi connectivity index (χ4v) is 3.50. The number of piperidine rings is 1. The quantitative estimate of drug-likeness (QED) is 0.916. The standard InChI is InChI=1S/C15H22BrNO3/c1-10-9-15(18,7-8-17(10)2)11-5-6-12(19-3)13(16)14(11)20-4/h5-6,10,18H,7-9H2,1-4H3. The summed E-state index contributed by atoms with van der Waals surface area (Å²) in [5, 5.41) is 11.1. The van der Waals surface area contributed by atoms with Crippen molar-refractivity contribution in [1.29, 1.82) is 0 Å². The smallest absolute Gasteiger partial charge is 0.142 e. The number of rotatable bonds is 3. The van der Waals surface area contributed by atoms with E-state index in [-0.39, 0.29) is 0 Å². The number of hydrogen-bond acceptors (Lipinski definition) is 4. The van der Waals surface area contributed by atoms with E-state index in [0.29, 0.717) is 30.4 Å². The fraction of sp³-hybridized carbons (Fsp3) is 0.600. The van der Waals surface area contributed by atoms with Crippen molar-refractivity contribution in [3.63, 3.8) is 0 Å². The third-order valence-corrected chi connectivity index (χ3v) is 5.00. The van der Waals surface area contributed by atoms with Gasteiger partial charge in [-0.25, -0.2) is 0 Å². The molecule has 1 aromatic carbocycles. The zero-order chi connectivity index (χ0) is 14.9. The molecule has 0 radical (unpaired) electrons. The van der Waals surface area contributed by atoms with E-state index in [9.17, 15) is 5.11 Å². The molecule has 1 aromatic rings. The topological polar surface area (TPSA) is 41.9 Å². The van der Waals surface area contributed by atoms with Gasteiger partial charge in [-0.1, -0.05) is 0 Å². The molecule has 4 nitrogen and oxygen atoms in total. The molecule has 1 fully saturated rings. The third kappa shape index (κ3) is 2.67. The SMILES string of the molecule is COc1ccc(C2(O)CCN(C)C(C)C2)c(OC)c1Br. The summed E-state index contributed by atoms with van der Waals surface area (Å²) in [4.78, 5) is 2.26. The van der Waals surface area contributed by atoms with Gasteiger partial charge in [-0.2, -0.15) is 0 Å². The maximum absolute atomic E-state index is 11.1. The van der Waals surface area contributed by atoms with E-state index in [1.54, 1.807) is 14.2 Å². The highest BCUT2D eigenvalue weighted by molar-refractivity contribution is 9.10. The molecule has 1 saturated heterocycles. The number of nitrogens with zero attached hydrogens (tertiary/aromatic N) is 1. The third-order valence-electron chi connectivity index (χ3n) is 4.25. The predicted molar refractivity (Wildman–Crippen MR) is 82.5 cm³/mol. The first-order chi connectivity index (χ1) is 9.42. The van der Waals surface area contributed by atoms with E-state index in [1.165, 1.54) is 0 Å². The van der Waals surface area contributed by atoms with E-state index >= 15 is 0 Å². The van der Waals surface area contributed by atoms with Crippen LogP contribution in [0.5, 0.6) is 11.5 Å². The molecule has 20 heavy (non-hydrogen) atoms. The molecular weight excluding hydrogens is 322 g/mol. The van der Waals surface area contributed by atoms with Crippen LogP contribution in [0.2, 0.25) is 0 Å².